The van der Waals surface area contributed by atoms with Gasteiger partial charge in [-0.05, 0) is 36.3 Å². The smallest absolute Gasteiger partial charge is 0.0323 e. The maximum atomic E-state index is 6.48. The molecule has 1 aliphatic rings. The largest absolute Gasteiger partial charge is 0.324 e. The lowest BCUT2D eigenvalue weighted by atomic mass is 9.83. The lowest BCUT2D eigenvalue weighted by molar-refractivity contribution is 0.327. The third-order valence-electron chi connectivity index (χ3n) is 4.43. The summed E-state index contributed by atoms with van der Waals surface area (Å²) in [6.07, 6.45) is 10.7. The molecular weight excluding hydrogens is 218 g/mol. The van der Waals surface area contributed by atoms with Gasteiger partial charge in [-0.2, -0.15) is 0 Å². The molecule has 0 aliphatic heterocycles. The van der Waals surface area contributed by atoms with Crippen molar-refractivity contribution in [3.63, 3.8) is 0 Å². The van der Waals surface area contributed by atoms with Crippen molar-refractivity contribution in [3.8, 4) is 0 Å². The normalized spacial score (nSPS) is 20.1. The number of benzene rings is 1. The van der Waals surface area contributed by atoms with Gasteiger partial charge in [0.2, 0.25) is 0 Å². The molecule has 1 unspecified atom stereocenters. The van der Waals surface area contributed by atoms with Gasteiger partial charge < -0.3 is 5.73 Å². The Morgan fingerprint density at radius 3 is 2.11 bits per heavy atom. The van der Waals surface area contributed by atoms with Crippen molar-refractivity contribution in [3.05, 3.63) is 35.4 Å². The number of hydrogen-bond donors (Lipinski definition) is 1. The topological polar surface area (TPSA) is 26.0 Å². The van der Waals surface area contributed by atoms with Crippen LogP contribution in [-0.4, -0.2) is 0 Å². The molecule has 1 aliphatic carbocycles. The van der Waals surface area contributed by atoms with Gasteiger partial charge in [-0.25, -0.2) is 0 Å². The molecule has 1 aromatic carbocycles. The minimum absolute atomic E-state index is 0.244. The van der Waals surface area contributed by atoms with Crippen molar-refractivity contribution in [2.24, 2.45) is 11.7 Å². The lowest BCUT2D eigenvalue weighted by Gasteiger charge is -2.26. The first-order valence-corrected chi connectivity index (χ1v) is 7.65. The minimum Gasteiger partial charge on any atom is -0.324 e. The van der Waals surface area contributed by atoms with E-state index in [9.17, 15) is 0 Å². The number of aryl methyl sites for hydroxylation is 1. The van der Waals surface area contributed by atoms with E-state index in [1.807, 2.05) is 0 Å². The second kappa shape index (κ2) is 6.94. The number of hydrogen-bond acceptors (Lipinski definition) is 1. The van der Waals surface area contributed by atoms with Gasteiger partial charge >= 0.3 is 0 Å². The van der Waals surface area contributed by atoms with E-state index in [2.05, 4.69) is 31.2 Å². The van der Waals surface area contributed by atoms with E-state index in [0.717, 1.165) is 6.42 Å². The predicted octanol–water partition coefficient (Wildman–Crippen LogP) is 4.61. The van der Waals surface area contributed by atoms with Gasteiger partial charge in [0.1, 0.15) is 0 Å². The Morgan fingerprint density at radius 1 is 1.00 bits per heavy atom. The van der Waals surface area contributed by atoms with Gasteiger partial charge in [0, 0.05) is 6.04 Å². The molecule has 1 atom stereocenters. The van der Waals surface area contributed by atoms with E-state index >= 15 is 0 Å². The van der Waals surface area contributed by atoms with E-state index in [0.29, 0.717) is 5.92 Å². The fourth-order valence-corrected chi connectivity index (χ4v) is 3.09. The zero-order valence-corrected chi connectivity index (χ0v) is 11.7. The SMILES string of the molecule is CCc1ccc(C(N)C2CCCCCCC2)cc1. The van der Waals surface area contributed by atoms with Gasteiger partial charge in [0.15, 0.2) is 0 Å². The van der Waals surface area contributed by atoms with Crippen LogP contribution in [0.4, 0.5) is 0 Å². The summed E-state index contributed by atoms with van der Waals surface area (Å²) in [7, 11) is 0. The standard InChI is InChI=1S/C17H27N/c1-2-14-10-12-16(13-11-14)17(18)15-8-6-4-3-5-7-9-15/h10-13,15,17H,2-9,18H2,1H3. The summed E-state index contributed by atoms with van der Waals surface area (Å²) >= 11 is 0. The highest BCUT2D eigenvalue weighted by Gasteiger charge is 2.20. The third-order valence-corrected chi connectivity index (χ3v) is 4.43. The fraction of sp³-hybridized carbons (Fsp3) is 0.647. The average molecular weight is 245 g/mol. The molecule has 0 aromatic heterocycles. The van der Waals surface area contributed by atoms with Gasteiger partial charge in [0.05, 0.1) is 0 Å². The van der Waals surface area contributed by atoms with Crippen molar-refractivity contribution < 1.29 is 0 Å². The molecule has 0 saturated heterocycles. The summed E-state index contributed by atoms with van der Waals surface area (Å²) < 4.78 is 0. The molecule has 18 heavy (non-hydrogen) atoms. The first kappa shape index (κ1) is 13.6. The molecule has 0 radical (unpaired) electrons. The van der Waals surface area contributed by atoms with Gasteiger partial charge in [-0.1, -0.05) is 63.3 Å². The van der Waals surface area contributed by atoms with E-state index in [1.165, 1.54) is 56.1 Å². The highest BCUT2D eigenvalue weighted by molar-refractivity contribution is 5.25. The van der Waals surface area contributed by atoms with Crippen molar-refractivity contribution in [1.82, 2.24) is 0 Å². The van der Waals surface area contributed by atoms with Crippen LogP contribution >= 0.6 is 0 Å². The summed E-state index contributed by atoms with van der Waals surface area (Å²) in [5.74, 6) is 0.692. The van der Waals surface area contributed by atoms with Crippen molar-refractivity contribution in [1.29, 1.82) is 0 Å². The Labute approximate surface area is 112 Å². The Balaban J connectivity index is 2.00. The predicted molar refractivity (Wildman–Crippen MR) is 78.6 cm³/mol. The second-order valence-corrected chi connectivity index (χ2v) is 5.73. The first-order valence-electron chi connectivity index (χ1n) is 7.65. The molecule has 2 N–H and O–H groups in total. The van der Waals surface area contributed by atoms with Crippen LogP contribution in [0.25, 0.3) is 0 Å². The van der Waals surface area contributed by atoms with Crippen LogP contribution in [0.2, 0.25) is 0 Å². The molecular formula is C17H27N. The van der Waals surface area contributed by atoms with Crippen LogP contribution < -0.4 is 5.73 Å². The van der Waals surface area contributed by atoms with Crippen molar-refractivity contribution in [2.75, 3.05) is 0 Å². The van der Waals surface area contributed by atoms with Crippen LogP contribution in [-0.2, 0) is 6.42 Å². The summed E-state index contributed by atoms with van der Waals surface area (Å²) in [4.78, 5) is 0. The van der Waals surface area contributed by atoms with Crippen LogP contribution in [0.15, 0.2) is 24.3 Å². The van der Waals surface area contributed by atoms with E-state index in [4.69, 9.17) is 5.73 Å². The van der Waals surface area contributed by atoms with Gasteiger partial charge in [-0.15, -0.1) is 0 Å². The summed E-state index contributed by atoms with van der Waals surface area (Å²) in [5, 5.41) is 0. The highest BCUT2D eigenvalue weighted by Crippen LogP contribution is 2.31. The van der Waals surface area contributed by atoms with Crippen LogP contribution in [0, 0.1) is 5.92 Å². The summed E-state index contributed by atoms with van der Waals surface area (Å²) in [6.45, 7) is 2.20. The quantitative estimate of drug-likeness (QED) is 0.827. The maximum absolute atomic E-state index is 6.48. The van der Waals surface area contributed by atoms with Crippen LogP contribution in [0.5, 0.6) is 0 Å². The number of rotatable bonds is 3. The second-order valence-electron chi connectivity index (χ2n) is 5.73. The Morgan fingerprint density at radius 2 is 1.56 bits per heavy atom. The van der Waals surface area contributed by atoms with E-state index in [1.54, 1.807) is 0 Å². The zero-order chi connectivity index (χ0) is 12.8. The van der Waals surface area contributed by atoms with Crippen molar-refractivity contribution in [2.45, 2.75) is 64.3 Å². The molecule has 2 rings (SSSR count). The molecule has 0 amide bonds. The summed E-state index contributed by atoms with van der Waals surface area (Å²) in [6, 6.07) is 9.19. The molecule has 1 nitrogen and oxygen atoms in total. The molecule has 0 spiro atoms. The monoisotopic (exact) mass is 245 g/mol. The molecule has 0 bridgehead atoms. The average Bonchev–Trinajstić information content (AvgIpc) is 2.38. The molecule has 1 heteroatoms. The summed E-state index contributed by atoms with van der Waals surface area (Å²) in [5.41, 5.74) is 9.22. The van der Waals surface area contributed by atoms with E-state index in [-0.39, 0.29) is 6.04 Å². The molecule has 0 heterocycles. The third kappa shape index (κ3) is 3.58. The molecule has 1 fully saturated rings. The maximum Gasteiger partial charge on any atom is 0.0323 e. The van der Waals surface area contributed by atoms with Gasteiger partial charge in [0.25, 0.3) is 0 Å². The fourth-order valence-electron chi connectivity index (χ4n) is 3.09. The Kier molecular flexibility index (Phi) is 5.25. The minimum atomic E-state index is 0.244. The van der Waals surface area contributed by atoms with Gasteiger partial charge in [-0.3, -0.25) is 0 Å². The molecule has 1 aromatic rings. The lowest BCUT2D eigenvalue weighted by Crippen LogP contribution is -2.22. The van der Waals surface area contributed by atoms with Crippen molar-refractivity contribution >= 4 is 0 Å². The zero-order valence-electron chi connectivity index (χ0n) is 11.7. The Bertz CT molecular complexity index is 333. The number of nitrogens with two attached hydrogens (primary N) is 1. The van der Waals surface area contributed by atoms with Crippen LogP contribution in [0.3, 0.4) is 0 Å². The molecule has 100 valence electrons. The van der Waals surface area contributed by atoms with Crippen LogP contribution in [0.1, 0.15) is 69.0 Å². The molecule has 1 saturated carbocycles. The van der Waals surface area contributed by atoms with E-state index < -0.39 is 0 Å². The first-order chi connectivity index (χ1) is 8.81. The highest BCUT2D eigenvalue weighted by atomic mass is 14.7. The Hall–Kier alpha value is -0.820.